The summed E-state index contributed by atoms with van der Waals surface area (Å²) in [5.41, 5.74) is 1.53. The summed E-state index contributed by atoms with van der Waals surface area (Å²) >= 11 is 0. The minimum absolute atomic E-state index is 1.25. The topological polar surface area (TPSA) is 28.2 Å². The van der Waals surface area contributed by atoms with Gasteiger partial charge in [0, 0.05) is 11.6 Å². The van der Waals surface area contributed by atoms with E-state index in [1.54, 1.807) is 4.90 Å². The number of nitrogens with zero attached hydrogens (tertiary/aromatic N) is 1. The number of hydrogen-bond donors (Lipinski definition) is 1. The Balaban J connectivity index is 0.00000172. The molecule has 1 unspecified atom stereocenters. The fourth-order valence-electron chi connectivity index (χ4n) is 2.61. The first-order valence-electron chi connectivity index (χ1n) is 8.33. The standard InChI is InChI=1S/C17H31N.CN/c1-3-5-6-7-8-9-10-11-14-18-15-13-17(16-18)12-4-2;1-2/h13,15-16H,3-12,14H2,1-2H3;/q;-1/p+1. The number of hydrogen-bond acceptors (Lipinski definition) is 1. The summed E-state index contributed by atoms with van der Waals surface area (Å²) in [5, 5.41) is 6.25. The second kappa shape index (κ2) is 14.3. The molecule has 0 saturated carbocycles. The van der Waals surface area contributed by atoms with Crippen molar-refractivity contribution >= 4 is 0 Å². The third-order valence-corrected chi connectivity index (χ3v) is 3.74. The summed E-state index contributed by atoms with van der Waals surface area (Å²) < 4.78 is 0. The van der Waals surface area contributed by atoms with Crippen molar-refractivity contribution in [2.75, 3.05) is 6.54 Å². The lowest BCUT2D eigenvalue weighted by molar-refractivity contribution is -0.788. The molecule has 0 amide bonds. The Morgan fingerprint density at radius 2 is 1.50 bits per heavy atom. The molecule has 0 spiro atoms. The van der Waals surface area contributed by atoms with Crippen LogP contribution in [-0.4, -0.2) is 6.54 Å². The monoisotopic (exact) mass is 276 g/mol. The summed E-state index contributed by atoms with van der Waals surface area (Å²) in [7, 11) is 0. The zero-order valence-electron chi connectivity index (χ0n) is 13.5. The van der Waals surface area contributed by atoms with E-state index in [0.29, 0.717) is 0 Å². The third-order valence-electron chi connectivity index (χ3n) is 3.74. The molecule has 1 N–H and O–H groups in total. The first-order chi connectivity index (χ1) is 9.86. The van der Waals surface area contributed by atoms with Crippen LogP contribution in [0.25, 0.3) is 0 Å². The number of rotatable bonds is 11. The van der Waals surface area contributed by atoms with Crippen molar-refractivity contribution in [1.29, 1.82) is 5.26 Å². The average molecular weight is 276 g/mol. The molecular formula is C18H32N2. The summed E-state index contributed by atoms with van der Waals surface area (Å²) in [6.45, 7) is 10.6. The number of unbranched alkanes of at least 4 members (excludes halogenated alkanes) is 7. The molecule has 0 fully saturated rings. The zero-order valence-corrected chi connectivity index (χ0v) is 13.5. The summed E-state index contributed by atoms with van der Waals surface area (Å²) in [4.78, 5) is 1.56. The van der Waals surface area contributed by atoms with Crippen LogP contribution in [0.2, 0.25) is 0 Å². The van der Waals surface area contributed by atoms with Gasteiger partial charge in [0.2, 0.25) is 0 Å². The summed E-state index contributed by atoms with van der Waals surface area (Å²) in [5.74, 6) is 0. The van der Waals surface area contributed by atoms with Crippen LogP contribution in [0.1, 0.15) is 78.1 Å². The molecule has 0 aromatic heterocycles. The van der Waals surface area contributed by atoms with Crippen LogP contribution in [0.15, 0.2) is 24.0 Å². The highest BCUT2D eigenvalue weighted by molar-refractivity contribution is 5.17. The van der Waals surface area contributed by atoms with E-state index in [1.807, 2.05) is 0 Å². The fourth-order valence-corrected chi connectivity index (χ4v) is 2.61. The van der Waals surface area contributed by atoms with Gasteiger partial charge in [-0.25, -0.2) is 0 Å². The Morgan fingerprint density at radius 3 is 2.10 bits per heavy atom. The molecule has 0 aliphatic carbocycles. The lowest BCUT2D eigenvalue weighted by Gasteiger charge is -2.06. The second-order valence-electron chi connectivity index (χ2n) is 5.60. The van der Waals surface area contributed by atoms with E-state index in [0.717, 1.165) is 0 Å². The predicted octanol–water partition coefficient (Wildman–Crippen LogP) is 4.32. The molecule has 1 atom stereocenters. The van der Waals surface area contributed by atoms with Gasteiger partial charge in [0.05, 0.1) is 12.7 Å². The van der Waals surface area contributed by atoms with Gasteiger partial charge in [0.1, 0.15) is 6.20 Å². The highest BCUT2D eigenvalue weighted by atomic mass is 15.1. The van der Waals surface area contributed by atoms with Crippen LogP contribution in [0.3, 0.4) is 0 Å². The molecule has 1 heterocycles. The number of quaternary nitrogens is 1. The lowest BCUT2D eigenvalue weighted by Crippen LogP contribution is -3.01. The maximum absolute atomic E-state index is 6.25. The molecule has 0 radical (unpaired) electrons. The highest BCUT2D eigenvalue weighted by Gasteiger charge is 2.09. The van der Waals surface area contributed by atoms with Gasteiger partial charge in [-0.05, 0) is 19.3 Å². The number of allylic oxidation sites excluding steroid dienone is 2. The molecule has 0 aromatic rings. The molecule has 1 aliphatic rings. The molecular weight excluding hydrogens is 244 g/mol. The molecule has 20 heavy (non-hydrogen) atoms. The second-order valence-corrected chi connectivity index (χ2v) is 5.60. The lowest BCUT2D eigenvalue weighted by atomic mass is 10.1. The third kappa shape index (κ3) is 9.81. The van der Waals surface area contributed by atoms with E-state index in [9.17, 15) is 0 Å². The minimum atomic E-state index is 1.25. The van der Waals surface area contributed by atoms with Gasteiger partial charge in [-0.1, -0.05) is 58.8 Å². The van der Waals surface area contributed by atoms with Gasteiger partial charge < -0.3 is 11.8 Å². The predicted molar refractivity (Wildman–Crippen MR) is 85.5 cm³/mol. The Labute approximate surface area is 126 Å². The van der Waals surface area contributed by atoms with E-state index >= 15 is 0 Å². The van der Waals surface area contributed by atoms with Crippen LogP contribution >= 0.6 is 0 Å². The van der Waals surface area contributed by atoms with Crippen molar-refractivity contribution in [2.45, 2.75) is 78.1 Å². The van der Waals surface area contributed by atoms with E-state index in [1.165, 1.54) is 76.3 Å². The molecule has 1 aliphatic heterocycles. The van der Waals surface area contributed by atoms with Crippen LogP contribution in [0, 0.1) is 11.8 Å². The maximum atomic E-state index is 6.25. The molecule has 2 heteroatoms. The SMILES string of the molecule is CCCCCCCCCC[NH+]1C=CC(CCC)=C1.[C-]#N. The molecule has 0 saturated heterocycles. The highest BCUT2D eigenvalue weighted by Crippen LogP contribution is 2.08. The van der Waals surface area contributed by atoms with Crippen molar-refractivity contribution < 1.29 is 4.90 Å². The molecule has 1 rings (SSSR count). The van der Waals surface area contributed by atoms with Crippen LogP contribution in [0.4, 0.5) is 0 Å². The van der Waals surface area contributed by atoms with Gasteiger partial charge in [-0.2, -0.15) is 0 Å². The summed E-state index contributed by atoms with van der Waals surface area (Å²) in [6, 6.07) is 0. The minimum Gasteiger partial charge on any atom is -0.512 e. The van der Waals surface area contributed by atoms with Crippen molar-refractivity contribution in [1.82, 2.24) is 0 Å². The van der Waals surface area contributed by atoms with Crippen LogP contribution in [0.5, 0.6) is 0 Å². The van der Waals surface area contributed by atoms with Crippen molar-refractivity contribution in [3.05, 3.63) is 30.6 Å². The molecule has 0 aromatic carbocycles. The van der Waals surface area contributed by atoms with Gasteiger partial charge in [0.25, 0.3) is 0 Å². The molecule has 0 bridgehead atoms. The molecule has 2 nitrogen and oxygen atoms in total. The summed E-state index contributed by atoms with van der Waals surface area (Å²) in [6.07, 6.45) is 20.9. The maximum Gasteiger partial charge on any atom is 0.102 e. The Kier molecular flexibility index (Phi) is 13.6. The van der Waals surface area contributed by atoms with E-state index in [4.69, 9.17) is 11.8 Å². The van der Waals surface area contributed by atoms with Crippen LogP contribution in [-0.2, 0) is 0 Å². The largest absolute Gasteiger partial charge is 0.512 e. The normalized spacial score (nSPS) is 16.6. The Bertz CT molecular complexity index is 289. The van der Waals surface area contributed by atoms with Crippen molar-refractivity contribution in [3.63, 3.8) is 0 Å². The van der Waals surface area contributed by atoms with Gasteiger partial charge in [-0.15, -0.1) is 0 Å². The fraction of sp³-hybridized carbons (Fsp3) is 0.722. The number of nitrogens with one attached hydrogen (secondary N) is 1. The van der Waals surface area contributed by atoms with E-state index in [-0.39, 0.29) is 0 Å². The first-order valence-corrected chi connectivity index (χ1v) is 8.33. The van der Waals surface area contributed by atoms with E-state index in [2.05, 4.69) is 32.3 Å². The Morgan fingerprint density at radius 1 is 0.900 bits per heavy atom. The van der Waals surface area contributed by atoms with Crippen molar-refractivity contribution in [2.24, 2.45) is 0 Å². The first kappa shape index (κ1) is 18.9. The average Bonchev–Trinajstić information content (AvgIpc) is 2.92. The smallest absolute Gasteiger partial charge is 0.102 e. The van der Waals surface area contributed by atoms with Gasteiger partial charge >= 0.3 is 0 Å². The quantitative estimate of drug-likeness (QED) is 0.442. The zero-order chi connectivity index (χ0) is 15.1. The van der Waals surface area contributed by atoms with E-state index < -0.39 is 0 Å². The molecule has 114 valence electrons. The van der Waals surface area contributed by atoms with Crippen LogP contribution < -0.4 is 4.90 Å². The van der Waals surface area contributed by atoms with Gasteiger partial charge in [-0.3, -0.25) is 4.90 Å². The van der Waals surface area contributed by atoms with Gasteiger partial charge in [0.15, 0.2) is 0 Å². The Hall–Kier alpha value is -1.07. The van der Waals surface area contributed by atoms with Crippen molar-refractivity contribution in [3.8, 4) is 0 Å².